The molecule has 1 aromatic heterocycles. The molecule has 0 amide bonds. The molecule has 3 heterocycles. The van der Waals surface area contributed by atoms with Crippen molar-refractivity contribution >= 4 is 11.8 Å². The molecular formula is C14H22N4O. The predicted molar refractivity (Wildman–Crippen MR) is 75.5 cm³/mol. The van der Waals surface area contributed by atoms with E-state index in [0.29, 0.717) is 24.2 Å². The van der Waals surface area contributed by atoms with Crippen LogP contribution in [-0.4, -0.2) is 34.8 Å². The van der Waals surface area contributed by atoms with Gasteiger partial charge in [0.15, 0.2) is 0 Å². The zero-order valence-electron chi connectivity index (χ0n) is 11.6. The summed E-state index contributed by atoms with van der Waals surface area (Å²) in [4.78, 5) is 8.87. The quantitative estimate of drug-likeness (QED) is 0.853. The van der Waals surface area contributed by atoms with Crippen molar-refractivity contribution in [3.05, 3.63) is 11.8 Å². The van der Waals surface area contributed by atoms with Gasteiger partial charge in [0.25, 0.3) is 0 Å². The smallest absolute Gasteiger partial charge is 0.224 e. The van der Waals surface area contributed by atoms with Crippen LogP contribution in [-0.2, 0) is 4.74 Å². The molecule has 2 N–H and O–H groups in total. The molecule has 2 aliphatic rings. The molecule has 0 aromatic carbocycles. The summed E-state index contributed by atoms with van der Waals surface area (Å²) in [6, 6.07) is 0.409. The van der Waals surface area contributed by atoms with E-state index < -0.39 is 0 Å². The van der Waals surface area contributed by atoms with Gasteiger partial charge in [-0.15, -0.1) is 0 Å². The minimum atomic E-state index is 0.367. The zero-order valence-corrected chi connectivity index (χ0v) is 11.6. The molecule has 19 heavy (non-hydrogen) atoms. The van der Waals surface area contributed by atoms with E-state index >= 15 is 0 Å². The van der Waals surface area contributed by atoms with E-state index in [1.54, 1.807) is 0 Å². The van der Waals surface area contributed by atoms with Gasteiger partial charge in [-0.1, -0.05) is 6.92 Å². The van der Waals surface area contributed by atoms with E-state index in [1.165, 1.54) is 12.8 Å². The Morgan fingerprint density at radius 2 is 2.32 bits per heavy atom. The van der Waals surface area contributed by atoms with Crippen LogP contribution in [0.2, 0.25) is 0 Å². The van der Waals surface area contributed by atoms with Crippen LogP contribution in [0.15, 0.2) is 6.20 Å². The lowest BCUT2D eigenvalue weighted by atomic mass is 9.95. The van der Waals surface area contributed by atoms with Crippen LogP contribution in [0.25, 0.3) is 0 Å². The van der Waals surface area contributed by atoms with Gasteiger partial charge < -0.3 is 15.4 Å². The molecule has 5 heteroatoms. The fourth-order valence-electron chi connectivity index (χ4n) is 2.88. The monoisotopic (exact) mass is 262 g/mol. The molecule has 3 rings (SSSR count). The number of nitrogens with one attached hydrogen (secondary N) is 2. The summed E-state index contributed by atoms with van der Waals surface area (Å²) in [6.45, 7) is 5.08. The van der Waals surface area contributed by atoms with Crippen molar-refractivity contribution in [3.8, 4) is 0 Å². The Morgan fingerprint density at radius 3 is 3.00 bits per heavy atom. The number of rotatable bonds is 5. The molecule has 3 atom stereocenters. The molecule has 1 aromatic rings. The van der Waals surface area contributed by atoms with Crippen molar-refractivity contribution < 1.29 is 4.74 Å². The Hall–Kier alpha value is -1.36. The van der Waals surface area contributed by atoms with Gasteiger partial charge in [-0.05, 0) is 32.6 Å². The lowest BCUT2D eigenvalue weighted by Crippen LogP contribution is -2.31. The highest BCUT2D eigenvalue weighted by molar-refractivity contribution is 5.47. The topological polar surface area (TPSA) is 59.1 Å². The Kier molecular flexibility index (Phi) is 3.55. The first-order chi connectivity index (χ1) is 9.26. The van der Waals surface area contributed by atoms with Gasteiger partial charge in [-0.25, -0.2) is 4.98 Å². The lowest BCUT2D eigenvalue weighted by molar-refractivity contribution is 0.102. The van der Waals surface area contributed by atoms with Crippen LogP contribution in [0.5, 0.6) is 0 Å². The highest BCUT2D eigenvalue weighted by Crippen LogP contribution is 2.36. The normalized spacial score (nSPS) is 28.6. The average Bonchev–Trinajstić information content (AvgIpc) is 3.02. The Labute approximate surface area is 114 Å². The third kappa shape index (κ3) is 2.66. The molecule has 2 bridgehead atoms. The minimum absolute atomic E-state index is 0.367. The molecular weight excluding hydrogens is 240 g/mol. The van der Waals surface area contributed by atoms with Crippen LogP contribution in [0.4, 0.5) is 11.8 Å². The van der Waals surface area contributed by atoms with Crippen molar-refractivity contribution in [1.29, 1.82) is 0 Å². The molecule has 5 nitrogen and oxygen atoms in total. The highest BCUT2D eigenvalue weighted by Gasteiger charge is 2.40. The molecule has 2 fully saturated rings. The first kappa shape index (κ1) is 12.7. The third-order valence-electron chi connectivity index (χ3n) is 3.93. The maximum Gasteiger partial charge on any atom is 0.224 e. The van der Waals surface area contributed by atoms with Gasteiger partial charge in [-0.2, -0.15) is 4.98 Å². The molecule has 0 aliphatic carbocycles. The van der Waals surface area contributed by atoms with E-state index in [4.69, 9.17) is 4.74 Å². The fourth-order valence-corrected chi connectivity index (χ4v) is 2.88. The van der Waals surface area contributed by atoms with E-state index in [9.17, 15) is 0 Å². The van der Waals surface area contributed by atoms with Crippen LogP contribution in [0, 0.1) is 6.92 Å². The van der Waals surface area contributed by atoms with Gasteiger partial charge in [-0.3, -0.25) is 0 Å². The summed E-state index contributed by atoms with van der Waals surface area (Å²) in [7, 11) is 0. The molecule has 2 aliphatic heterocycles. The second-order valence-electron chi connectivity index (χ2n) is 5.51. The Morgan fingerprint density at radius 1 is 1.42 bits per heavy atom. The molecule has 104 valence electrons. The van der Waals surface area contributed by atoms with Crippen LogP contribution in [0.1, 0.15) is 38.2 Å². The fraction of sp³-hybridized carbons (Fsp3) is 0.714. The largest absolute Gasteiger partial charge is 0.373 e. The van der Waals surface area contributed by atoms with Crippen LogP contribution < -0.4 is 10.6 Å². The number of aryl methyl sites for hydroxylation is 1. The molecule has 0 saturated carbocycles. The summed E-state index contributed by atoms with van der Waals surface area (Å²) in [5.41, 5.74) is 1.09. The summed E-state index contributed by atoms with van der Waals surface area (Å²) >= 11 is 0. The number of anilines is 2. The number of hydrogen-bond donors (Lipinski definition) is 2. The van der Waals surface area contributed by atoms with Crippen molar-refractivity contribution in [2.45, 2.75) is 57.8 Å². The Balaban J connectivity index is 1.69. The van der Waals surface area contributed by atoms with Crippen LogP contribution >= 0.6 is 0 Å². The van der Waals surface area contributed by atoms with Gasteiger partial charge >= 0.3 is 0 Å². The van der Waals surface area contributed by atoms with Gasteiger partial charge in [0.2, 0.25) is 5.95 Å². The van der Waals surface area contributed by atoms with Crippen molar-refractivity contribution in [3.63, 3.8) is 0 Å². The van der Waals surface area contributed by atoms with E-state index in [-0.39, 0.29) is 0 Å². The van der Waals surface area contributed by atoms with Crippen molar-refractivity contribution in [2.24, 2.45) is 0 Å². The number of nitrogens with zero attached hydrogens (tertiary/aromatic N) is 2. The SMILES string of the molecule is CCCNc1ncc(C)c(NC2CC3CCC2O3)n1. The second kappa shape index (κ2) is 5.33. The number of hydrogen-bond acceptors (Lipinski definition) is 5. The maximum atomic E-state index is 5.87. The van der Waals surface area contributed by atoms with Gasteiger partial charge in [0, 0.05) is 18.3 Å². The molecule has 0 radical (unpaired) electrons. The third-order valence-corrected chi connectivity index (χ3v) is 3.93. The highest BCUT2D eigenvalue weighted by atomic mass is 16.5. The number of fused-ring (bicyclic) bond motifs is 2. The maximum absolute atomic E-state index is 5.87. The van der Waals surface area contributed by atoms with E-state index in [2.05, 4.69) is 27.5 Å². The second-order valence-corrected chi connectivity index (χ2v) is 5.51. The van der Waals surface area contributed by atoms with Crippen molar-refractivity contribution in [1.82, 2.24) is 9.97 Å². The first-order valence-electron chi connectivity index (χ1n) is 7.25. The number of ether oxygens (including phenoxy) is 1. The average molecular weight is 262 g/mol. The number of aromatic nitrogens is 2. The zero-order chi connectivity index (χ0) is 13.2. The Bertz CT molecular complexity index is 451. The lowest BCUT2D eigenvalue weighted by Gasteiger charge is -2.21. The van der Waals surface area contributed by atoms with Crippen molar-refractivity contribution in [2.75, 3.05) is 17.2 Å². The van der Waals surface area contributed by atoms with Crippen LogP contribution in [0.3, 0.4) is 0 Å². The van der Waals surface area contributed by atoms with E-state index in [1.807, 2.05) is 13.1 Å². The summed E-state index contributed by atoms with van der Waals surface area (Å²) < 4.78 is 5.87. The first-order valence-corrected chi connectivity index (χ1v) is 7.25. The standard InChI is InChI=1S/C14H22N4O/c1-3-6-15-14-16-8-9(2)13(18-14)17-11-7-10-4-5-12(11)19-10/h8,10-12H,3-7H2,1-2H3,(H2,15,16,17,18). The minimum Gasteiger partial charge on any atom is -0.373 e. The van der Waals surface area contributed by atoms with E-state index in [0.717, 1.165) is 30.8 Å². The summed E-state index contributed by atoms with van der Waals surface area (Å²) in [5, 5.41) is 6.77. The van der Waals surface area contributed by atoms with Gasteiger partial charge in [0.05, 0.1) is 18.2 Å². The summed E-state index contributed by atoms with van der Waals surface area (Å²) in [6.07, 6.45) is 7.27. The molecule has 3 unspecified atom stereocenters. The predicted octanol–water partition coefficient (Wildman–Crippen LogP) is 2.34. The molecule has 0 spiro atoms. The molecule has 2 saturated heterocycles. The summed E-state index contributed by atoms with van der Waals surface area (Å²) in [5.74, 6) is 1.65. The van der Waals surface area contributed by atoms with Gasteiger partial charge in [0.1, 0.15) is 5.82 Å².